The highest BCUT2D eigenvalue weighted by molar-refractivity contribution is 7.22. The molecule has 1 amide bonds. The zero-order chi connectivity index (χ0) is 20.5. The topological polar surface area (TPSA) is 60.2 Å². The zero-order valence-electron chi connectivity index (χ0n) is 16.8. The van der Waals surface area contributed by atoms with Gasteiger partial charge in [-0.1, -0.05) is 47.7 Å². The molecule has 7 heteroatoms. The molecule has 4 rings (SSSR count). The number of amides is 1. The summed E-state index contributed by atoms with van der Waals surface area (Å²) in [4.78, 5) is 19.9. The minimum atomic E-state index is -0.173. The average Bonchev–Trinajstić information content (AvgIpc) is 3.31. The Bertz CT molecular complexity index is 1160. The van der Waals surface area contributed by atoms with Crippen LogP contribution in [-0.2, 0) is 13.6 Å². The van der Waals surface area contributed by atoms with Crippen molar-refractivity contribution >= 4 is 32.6 Å². The van der Waals surface area contributed by atoms with Crippen molar-refractivity contribution < 1.29 is 9.53 Å². The van der Waals surface area contributed by atoms with Gasteiger partial charge in [0.15, 0.2) is 10.8 Å². The average molecular weight is 407 g/mol. The van der Waals surface area contributed by atoms with Gasteiger partial charge in [0.1, 0.15) is 11.3 Å². The molecule has 29 heavy (non-hydrogen) atoms. The fourth-order valence-electron chi connectivity index (χ4n) is 3.17. The van der Waals surface area contributed by atoms with Gasteiger partial charge in [-0.3, -0.25) is 14.4 Å². The normalized spacial score (nSPS) is 11.0. The van der Waals surface area contributed by atoms with Crippen LogP contribution in [0.25, 0.3) is 10.2 Å². The summed E-state index contributed by atoms with van der Waals surface area (Å²) in [7, 11) is 3.46. The van der Waals surface area contributed by atoms with Crippen molar-refractivity contribution in [1.29, 1.82) is 0 Å². The lowest BCUT2D eigenvalue weighted by molar-refractivity contribution is 0.0979. The monoisotopic (exact) mass is 406 g/mol. The molecule has 2 aromatic heterocycles. The summed E-state index contributed by atoms with van der Waals surface area (Å²) >= 11 is 1.49. The van der Waals surface area contributed by atoms with Gasteiger partial charge in [0.05, 0.1) is 18.4 Å². The van der Waals surface area contributed by atoms with Crippen LogP contribution in [0.4, 0.5) is 5.13 Å². The van der Waals surface area contributed by atoms with Crippen molar-refractivity contribution in [2.75, 3.05) is 12.0 Å². The molecule has 0 aliphatic rings. The van der Waals surface area contributed by atoms with Crippen LogP contribution < -0.4 is 9.64 Å². The number of benzene rings is 2. The van der Waals surface area contributed by atoms with E-state index >= 15 is 0 Å². The van der Waals surface area contributed by atoms with E-state index in [1.807, 2.05) is 63.4 Å². The summed E-state index contributed by atoms with van der Waals surface area (Å²) < 4.78 is 8.21. The highest BCUT2D eigenvalue weighted by atomic mass is 32.1. The molecule has 148 valence electrons. The van der Waals surface area contributed by atoms with E-state index in [0.717, 1.165) is 27.0 Å². The van der Waals surface area contributed by atoms with Gasteiger partial charge < -0.3 is 4.74 Å². The van der Waals surface area contributed by atoms with Crippen LogP contribution in [0.5, 0.6) is 5.75 Å². The van der Waals surface area contributed by atoms with E-state index in [2.05, 4.69) is 5.10 Å². The molecular weight excluding hydrogens is 384 g/mol. The number of aromatic nitrogens is 3. The summed E-state index contributed by atoms with van der Waals surface area (Å²) in [5.41, 5.74) is 4.23. The van der Waals surface area contributed by atoms with Crippen molar-refractivity contribution in [2.45, 2.75) is 20.4 Å². The van der Waals surface area contributed by atoms with Crippen molar-refractivity contribution in [3.05, 3.63) is 71.0 Å². The Labute approximate surface area is 173 Å². The predicted molar refractivity (Wildman–Crippen MR) is 116 cm³/mol. The van der Waals surface area contributed by atoms with E-state index in [-0.39, 0.29) is 5.91 Å². The van der Waals surface area contributed by atoms with Crippen LogP contribution in [0.1, 0.15) is 27.3 Å². The first-order chi connectivity index (χ1) is 14.0. The summed E-state index contributed by atoms with van der Waals surface area (Å²) in [6, 6.07) is 15.6. The number of fused-ring (bicyclic) bond motifs is 1. The number of rotatable bonds is 5. The number of nitrogens with zero attached hydrogens (tertiary/aromatic N) is 4. The van der Waals surface area contributed by atoms with E-state index in [9.17, 15) is 4.79 Å². The Morgan fingerprint density at radius 3 is 2.59 bits per heavy atom. The number of methoxy groups -OCH3 is 1. The second-order valence-corrected chi connectivity index (χ2v) is 7.91. The number of carbonyl (C=O) groups excluding carboxylic acids is 1. The smallest absolute Gasteiger partial charge is 0.280 e. The molecule has 0 N–H and O–H groups in total. The minimum Gasteiger partial charge on any atom is -0.494 e. The molecule has 0 bridgehead atoms. The zero-order valence-corrected chi connectivity index (χ0v) is 17.7. The van der Waals surface area contributed by atoms with Crippen LogP contribution in [-0.4, -0.2) is 27.8 Å². The van der Waals surface area contributed by atoms with E-state index in [0.29, 0.717) is 23.1 Å². The number of ether oxygens (including phenoxy) is 1. The van der Waals surface area contributed by atoms with Crippen molar-refractivity contribution in [2.24, 2.45) is 7.05 Å². The quantitative estimate of drug-likeness (QED) is 0.490. The van der Waals surface area contributed by atoms with Gasteiger partial charge in [-0.05, 0) is 37.1 Å². The van der Waals surface area contributed by atoms with Gasteiger partial charge in [-0.15, -0.1) is 0 Å². The largest absolute Gasteiger partial charge is 0.494 e. The van der Waals surface area contributed by atoms with Crippen molar-refractivity contribution in [3.63, 3.8) is 0 Å². The SMILES string of the molecule is COc1ccc(C)c2sc(N(Cc3ccccc3)C(=O)c3cc(C)n(C)n3)nc12. The summed E-state index contributed by atoms with van der Waals surface area (Å²) in [6.07, 6.45) is 0. The fourth-order valence-corrected chi connectivity index (χ4v) is 4.22. The maximum atomic E-state index is 13.4. The Kier molecular flexibility index (Phi) is 5.07. The summed E-state index contributed by atoms with van der Waals surface area (Å²) in [5, 5.41) is 5.01. The van der Waals surface area contributed by atoms with E-state index < -0.39 is 0 Å². The van der Waals surface area contributed by atoms with Gasteiger partial charge in [-0.2, -0.15) is 5.10 Å². The minimum absolute atomic E-state index is 0.173. The first-order valence-corrected chi connectivity index (χ1v) is 10.1. The lowest BCUT2D eigenvalue weighted by Crippen LogP contribution is -2.30. The summed E-state index contributed by atoms with van der Waals surface area (Å²) in [6.45, 7) is 4.38. The lowest BCUT2D eigenvalue weighted by Gasteiger charge is -2.19. The Balaban J connectivity index is 1.82. The van der Waals surface area contributed by atoms with E-state index in [4.69, 9.17) is 9.72 Å². The second-order valence-electron chi connectivity index (χ2n) is 6.93. The molecule has 0 radical (unpaired) electrons. The van der Waals surface area contributed by atoms with Gasteiger partial charge >= 0.3 is 0 Å². The third-order valence-electron chi connectivity index (χ3n) is 4.90. The molecule has 0 spiro atoms. The second kappa shape index (κ2) is 7.67. The molecule has 6 nitrogen and oxygen atoms in total. The van der Waals surface area contributed by atoms with Gasteiger partial charge in [0.2, 0.25) is 0 Å². The lowest BCUT2D eigenvalue weighted by atomic mass is 10.2. The van der Waals surface area contributed by atoms with Crippen LogP contribution in [0.2, 0.25) is 0 Å². The van der Waals surface area contributed by atoms with Crippen molar-refractivity contribution in [3.8, 4) is 5.75 Å². The number of hydrogen-bond acceptors (Lipinski definition) is 5. The van der Waals surface area contributed by atoms with Gasteiger partial charge in [-0.25, -0.2) is 4.98 Å². The van der Waals surface area contributed by atoms with Crippen LogP contribution in [0.15, 0.2) is 48.5 Å². The molecule has 2 aromatic carbocycles. The number of hydrogen-bond donors (Lipinski definition) is 0. The third-order valence-corrected chi connectivity index (χ3v) is 6.12. The number of carbonyl (C=O) groups is 1. The molecular formula is C22H22N4O2S. The molecule has 0 aliphatic carbocycles. The number of thiazole rings is 1. The van der Waals surface area contributed by atoms with E-state index in [1.54, 1.807) is 22.8 Å². The number of anilines is 1. The molecule has 0 saturated carbocycles. The molecule has 0 saturated heterocycles. The van der Waals surface area contributed by atoms with Crippen molar-refractivity contribution in [1.82, 2.24) is 14.8 Å². The van der Waals surface area contributed by atoms with Gasteiger partial charge in [0.25, 0.3) is 5.91 Å². The molecule has 0 aliphatic heterocycles. The maximum absolute atomic E-state index is 13.4. The highest BCUT2D eigenvalue weighted by Crippen LogP contribution is 2.37. The maximum Gasteiger partial charge on any atom is 0.280 e. The van der Waals surface area contributed by atoms with E-state index in [1.165, 1.54) is 11.3 Å². The number of aryl methyl sites for hydroxylation is 3. The Hall–Kier alpha value is -3.19. The molecule has 0 atom stereocenters. The molecule has 2 heterocycles. The van der Waals surface area contributed by atoms with Crippen LogP contribution >= 0.6 is 11.3 Å². The van der Waals surface area contributed by atoms with Gasteiger partial charge in [0, 0.05) is 12.7 Å². The summed E-state index contributed by atoms with van der Waals surface area (Å²) in [5.74, 6) is 0.530. The standard InChI is InChI=1S/C22H22N4O2S/c1-14-10-11-18(28-4)19-20(14)29-22(23-19)26(13-16-8-6-5-7-9-16)21(27)17-12-15(2)25(3)24-17/h5-12H,13H2,1-4H3. The Morgan fingerprint density at radius 1 is 1.17 bits per heavy atom. The first kappa shape index (κ1) is 19.1. The van der Waals surface area contributed by atoms with Crippen LogP contribution in [0, 0.1) is 13.8 Å². The fraction of sp³-hybridized carbons (Fsp3) is 0.227. The van der Waals surface area contributed by atoms with Crippen LogP contribution in [0.3, 0.4) is 0 Å². The Morgan fingerprint density at radius 2 is 1.93 bits per heavy atom. The third kappa shape index (κ3) is 3.61. The highest BCUT2D eigenvalue weighted by Gasteiger charge is 2.25. The molecule has 0 unspecified atom stereocenters. The molecule has 4 aromatic rings. The predicted octanol–water partition coefficient (Wildman–Crippen LogP) is 4.50. The molecule has 0 fully saturated rings. The first-order valence-electron chi connectivity index (χ1n) is 9.28.